The van der Waals surface area contributed by atoms with Crippen LogP contribution in [0.15, 0.2) is 41.8 Å². The van der Waals surface area contributed by atoms with Crippen LogP contribution < -0.4 is 0 Å². The van der Waals surface area contributed by atoms with Crippen LogP contribution in [0.3, 0.4) is 0 Å². The fraction of sp³-hybridized carbons (Fsp3) is 0.267. The van der Waals surface area contributed by atoms with E-state index in [9.17, 15) is 0 Å². The van der Waals surface area contributed by atoms with Gasteiger partial charge in [-0.15, -0.1) is 0 Å². The van der Waals surface area contributed by atoms with Crippen molar-refractivity contribution >= 4 is 11.8 Å². The second-order valence-electron chi connectivity index (χ2n) is 4.86. The highest BCUT2D eigenvalue weighted by molar-refractivity contribution is 7.98. The molecule has 0 aliphatic heterocycles. The van der Waals surface area contributed by atoms with E-state index in [0.29, 0.717) is 0 Å². The molecule has 0 unspecified atom stereocenters. The normalized spacial score (nSPS) is 11.0. The van der Waals surface area contributed by atoms with Crippen molar-refractivity contribution in [2.24, 2.45) is 7.05 Å². The largest absolute Gasteiger partial charge is 0.337 e. The number of hydrogen-bond acceptors (Lipinski definition) is 4. The van der Waals surface area contributed by atoms with Crippen LogP contribution in [0, 0.1) is 6.92 Å². The molecule has 0 aliphatic rings. The lowest BCUT2D eigenvalue weighted by atomic mass is 10.1. The van der Waals surface area contributed by atoms with Crippen LogP contribution in [0.5, 0.6) is 0 Å². The summed E-state index contributed by atoms with van der Waals surface area (Å²) in [6.45, 7) is 2.07. The van der Waals surface area contributed by atoms with Crippen LogP contribution in [0.1, 0.15) is 22.8 Å². The third-order valence-electron chi connectivity index (χ3n) is 3.32. The van der Waals surface area contributed by atoms with E-state index < -0.39 is 0 Å². The van der Waals surface area contributed by atoms with E-state index in [4.69, 9.17) is 0 Å². The number of benzene rings is 1. The first-order chi connectivity index (χ1) is 10.2. The Kier molecular flexibility index (Phi) is 4.06. The minimum absolute atomic E-state index is 0.758. The van der Waals surface area contributed by atoms with Crippen LogP contribution in [-0.2, 0) is 19.2 Å². The van der Waals surface area contributed by atoms with Crippen LogP contribution in [0.4, 0.5) is 0 Å². The molecule has 0 saturated carbocycles. The zero-order valence-corrected chi connectivity index (χ0v) is 12.9. The molecule has 0 amide bonds. The van der Waals surface area contributed by atoms with Gasteiger partial charge in [-0.05, 0) is 12.5 Å². The minimum Gasteiger partial charge on any atom is -0.337 e. The Morgan fingerprint density at radius 3 is 2.76 bits per heavy atom. The number of thioether (sulfide) groups is 1. The smallest absolute Gasteiger partial charge is 0.166 e. The highest BCUT2D eigenvalue weighted by Gasteiger charge is 2.09. The monoisotopic (exact) mass is 299 g/mol. The highest BCUT2D eigenvalue weighted by atomic mass is 32.2. The molecular formula is C15H17N5S. The molecule has 0 radical (unpaired) electrons. The average molecular weight is 299 g/mol. The minimum atomic E-state index is 0.758. The average Bonchev–Trinajstić information content (AvgIpc) is 3.04. The molecular weight excluding hydrogens is 282 g/mol. The van der Waals surface area contributed by atoms with Crippen molar-refractivity contribution in [1.82, 2.24) is 24.7 Å². The quantitative estimate of drug-likeness (QED) is 0.736. The fourth-order valence-corrected chi connectivity index (χ4v) is 3.01. The van der Waals surface area contributed by atoms with Gasteiger partial charge in [0.25, 0.3) is 0 Å². The second-order valence-corrected chi connectivity index (χ2v) is 5.83. The first kappa shape index (κ1) is 13.9. The van der Waals surface area contributed by atoms with E-state index in [0.717, 1.165) is 34.5 Å². The summed E-state index contributed by atoms with van der Waals surface area (Å²) in [5.74, 6) is 1.70. The van der Waals surface area contributed by atoms with Crippen molar-refractivity contribution in [1.29, 1.82) is 0 Å². The number of nitrogens with one attached hydrogen (secondary N) is 1. The van der Waals surface area contributed by atoms with Gasteiger partial charge in [0.05, 0.1) is 11.4 Å². The Hall–Kier alpha value is -2.08. The van der Waals surface area contributed by atoms with Crippen molar-refractivity contribution in [2.75, 3.05) is 0 Å². The molecule has 5 nitrogen and oxygen atoms in total. The molecule has 21 heavy (non-hydrogen) atoms. The van der Waals surface area contributed by atoms with Crippen LogP contribution in [-0.4, -0.2) is 24.7 Å². The van der Waals surface area contributed by atoms with Crippen molar-refractivity contribution in [3.63, 3.8) is 0 Å². The van der Waals surface area contributed by atoms with Crippen LogP contribution >= 0.6 is 11.8 Å². The van der Waals surface area contributed by atoms with E-state index in [2.05, 4.69) is 51.2 Å². The standard InChI is InChI=1S/C15H17N5S/c1-11-13(8-12-6-4-3-5-7-12)19-15(18-11)21-9-14-16-10-17-20(14)2/h3-7,10H,8-9H2,1-2H3,(H,18,19). The predicted molar refractivity (Wildman–Crippen MR) is 83.1 cm³/mol. The van der Waals surface area contributed by atoms with Crippen molar-refractivity contribution < 1.29 is 0 Å². The maximum Gasteiger partial charge on any atom is 0.166 e. The van der Waals surface area contributed by atoms with Crippen LogP contribution in [0.2, 0.25) is 0 Å². The van der Waals surface area contributed by atoms with Gasteiger partial charge in [0.1, 0.15) is 12.2 Å². The summed E-state index contributed by atoms with van der Waals surface area (Å²) in [6, 6.07) is 10.4. The molecule has 1 aromatic carbocycles. The summed E-state index contributed by atoms with van der Waals surface area (Å²) < 4.78 is 1.79. The van der Waals surface area contributed by atoms with E-state index in [1.807, 2.05) is 13.1 Å². The Morgan fingerprint density at radius 2 is 2.05 bits per heavy atom. The molecule has 3 rings (SSSR count). The number of aromatic amines is 1. The van der Waals surface area contributed by atoms with Gasteiger partial charge in [-0.3, -0.25) is 4.68 Å². The van der Waals surface area contributed by atoms with Gasteiger partial charge in [-0.2, -0.15) is 5.10 Å². The van der Waals surface area contributed by atoms with E-state index in [1.54, 1.807) is 22.8 Å². The number of hydrogen-bond donors (Lipinski definition) is 1. The number of imidazole rings is 1. The molecule has 0 atom stereocenters. The lowest BCUT2D eigenvalue weighted by Gasteiger charge is -1.98. The van der Waals surface area contributed by atoms with Crippen molar-refractivity contribution in [2.45, 2.75) is 24.3 Å². The van der Waals surface area contributed by atoms with Gasteiger partial charge in [0, 0.05) is 19.2 Å². The fourth-order valence-electron chi connectivity index (χ4n) is 2.08. The van der Waals surface area contributed by atoms with Crippen molar-refractivity contribution in [3.05, 3.63) is 59.4 Å². The summed E-state index contributed by atoms with van der Waals surface area (Å²) in [4.78, 5) is 12.2. The molecule has 2 aromatic heterocycles. The zero-order chi connectivity index (χ0) is 14.7. The number of aryl methyl sites for hydroxylation is 2. The van der Waals surface area contributed by atoms with Crippen molar-refractivity contribution in [3.8, 4) is 0 Å². The molecule has 0 fully saturated rings. The maximum atomic E-state index is 4.68. The number of H-pyrrole nitrogens is 1. The molecule has 6 heteroatoms. The Bertz CT molecular complexity index is 717. The van der Waals surface area contributed by atoms with Gasteiger partial charge >= 0.3 is 0 Å². The lowest BCUT2D eigenvalue weighted by Crippen LogP contribution is -1.97. The molecule has 108 valence electrons. The van der Waals surface area contributed by atoms with Gasteiger partial charge < -0.3 is 4.98 Å². The topological polar surface area (TPSA) is 59.4 Å². The van der Waals surface area contributed by atoms with E-state index in [-0.39, 0.29) is 0 Å². The predicted octanol–water partition coefficient (Wildman–Crippen LogP) is 2.73. The second kappa shape index (κ2) is 6.13. The molecule has 0 saturated heterocycles. The molecule has 3 aromatic rings. The Morgan fingerprint density at radius 1 is 1.24 bits per heavy atom. The third kappa shape index (κ3) is 3.33. The Labute approximate surface area is 127 Å². The first-order valence-electron chi connectivity index (χ1n) is 6.77. The third-order valence-corrected chi connectivity index (χ3v) is 4.19. The van der Waals surface area contributed by atoms with Crippen LogP contribution in [0.25, 0.3) is 0 Å². The van der Waals surface area contributed by atoms with Gasteiger partial charge in [-0.1, -0.05) is 42.1 Å². The summed E-state index contributed by atoms with van der Waals surface area (Å²) in [6.07, 6.45) is 2.43. The number of aromatic nitrogens is 5. The number of nitrogens with zero attached hydrogens (tertiary/aromatic N) is 4. The molecule has 0 spiro atoms. The summed E-state index contributed by atoms with van der Waals surface area (Å²) in [5, 5.41) is 5.00. The zero-order valence-electron chi connectivity index (χ0n) is 12.1. The van der Waals surface area contributed by atoms with Gasteiger partial charge in [-0.25, -0.2) is 9.97 Å². The highest BCUT2D eigenvalue weighted by Crippen LogP contribution is 2.21. The van der Waals surface area contributed by atoms with E-state index >= 15 is 0 Å². The first-order valence-corrected chi connectivity index (χ1v) is 7.76. The van der Waals surface area contributed by atoms with Gasteiger partial charge in [0.15, 0.2) is 5.16 Å². The lowest BCUT2D eigenvalue weighted by molar-refractivity contribution is 0.729. The summed E-state index contributed by atoms with van der Waals surface area (Å²) in [5.41, 5.74) is 3.50. The molecule has 1 N–H and O–H groups in total. The molecule has 0 bridgehead atoms. The maximum absolute atomic E-state index is 4.68. The van der Waals surface area contributed by atoms with E-state index in [1.165, 1.54) is 5.56 Å². The number of rotatable bonds is 5. The summed E-state index contributed by atoms with van der Waals surface area (Å²) in [7, 11) is 1.90. The molecule has 2 heterocycles. The SMILES string of the molecule is Cc1[nH]c(SCc2ncnn2C)nc1Cc1ccccc1. The molecule has 0 aliphatic carbocycles. The van der Waals surface area contributed by atoms with Gasteiger partial charge in [0.2, 0.25) is 0 Å². The Balaban J connectivity index is 1.68. The summed E-state index contributed by atoms with van der Waals surface area (Å²) >= 11 is 1.65.